The van der Waals surface area contributed by atoms with Gasteiger partial charge < -0.3 is 20.8 Å². The van der Waals surface area contributed by atoms with E-state index < -0.39 is 18.8 Å². The number of piperidine rings is 1. The molecule has 1 aliphatic carbocycles. The summed E-state index contributed by atoms with van der Waals surface area (Å²) in [6, 6.07) is 8.86. The van der Waals surface area contributed by atoms with E-state index in [-0.39, 0.29) is 11.8 Å². The molecule has 200 valence electrons. The summed E-state index contributed by atoms with van der Waals surface area (Å²) >= 11 is 0. The van der Waals surface area contributed by atoms with Gasteiger partial charge in [0.25, 0.3) is 0 Å². The summed E-state index contributed by atoms with van der Waals surface area (Å²) in [4.78, 5) is 37.1. The smallest absolute Gasteiger partial charge is 0.475 e. The Labute approximate surface area is 208 Å². The van der Waals surface area contributed by atoms with Gasteiger partial charge in [-0.25, -0.2) is 4.79 Å². The monoisotopic (exact) mass is 513 g/mol. The second kappa shape index (κ2) is 12.1. The average Bonchev–Trinajstić information content (AvgIpc) is 3.04. The molecule has 3 aliphatic rings. The quantitative estimate of drug-likeness (QED) is 0.491. The van der Waals surface area contributed by atoms with Crippen molar-refractivity contribution in [2.75, 3.05) is 26.2 Å². The third-order valence-electron chi connectivity index (χ3n) is 7.59. The predicted octanol–water partition coefficient (Wildman–Crippen LogP) is 2.75. The van der Waals surface area contributed by atoms with Crippen molar-refractivity contribution in [2.24, 2.45) is 11.7 Å². The van der Waals surface area contributed by atoms with Crippen LogP contribution in [0.4, 0.5) is 13.2 Å². The Balaban J connectivity index is 0.000000454. The van der Waals surface area contributed by atoms with Crippen LogP contribution in [0.3, 0.4) is 0 Å². The second-order valence-electron chi connectivity index (χ2n) is 9.88. The minimum atomic E-state index is -5.08. The van der Waals surface area contributed by atoms with Crippen molar-refractivity contribution < 1.29 is 37.8 Å². The summed E-state index contributed by atoms with van der Waals surface area (Å²) < 4.78 is 31.7. The molecule has 3 atom stereocenters. The first kappa shape index (κ1) is 27.9. The maximum atomic E-state index is 12.2. The summed E-state index contributed by atoms with van der Waals surface area (Å²) in [7, 11) is 0. The number of amides is 2. The number of hydrogen-bond donors (Lipinski definition) is 3. The van der Waals surface area contributed by atoms with Gasteiger partial charge >= 0.3 is 12.1 Å². The number of rotatable bonds is 8. The summed E-state index contributed by atoms with van der Waals surface area (Å²) in [6.45, 7) is 2.01. The Morgan fingerprint density at radius 2 is 1.69 bits per heavy atom. The van der Waals surface area contributed by atoms with Crippen LogP contribution in [-0.4, -0.2) is 82.3 Å². The number of nitrogens with two attached hydrogens (primary N) is 1. The van der Waals surface area contributed by atoms with E-state index >= 15 is 0 Å². The van der Waals surface area contributed by atoms with Gasteiger partial charge in [-0.2, -0.15) is 13.2 Å². The number of fused-ring (bicyclic) bond motifs is 2. The zero-order valence-corrected chi connectivity index (χ0v) is 20.1. The van der Waals surface area contributed by atoms with Crippen LogP contribution >= 0.6 is 0 Å². The number of carboxylic acid groups (broad SMARTS) is 1. The van der Waals surface area contributed by atoms with E-state index in [9.17, 15) is 27.9 Å². The number of aliphatic hydroxyl groups excluding tert-OH is 1. The molecule has 3 fully saturated rings. The molecule has 2 bridgehead atoms. The van der Waals surface area contributed by atoms with Crippen LogP contribution in [0.1, 0.15) is 66.8 Å². The van der Waals surface area contributed by atoms with Gasteiger partial charge in [0.1, 0.15) is 6.61 Å². The van der Waals surface area contributed by atoms with Crippen molar-refractivity contribution in [2.45, 2.75) is 69.1 Å². The van der Waals surface area contributed by atoms with E-state index in [4.69, 9.17) is 15.6 Å². The van der Waals surface area contributed by atoms with E-state index in [1.54, 1.807) is 6.07 Å². The zero-order chi connectivity index (χ0) is 26.5. The molecule has 1 aromatic carbocycles. The normalized spacial score (nSPS) is 23.8. The molecule has 2 amide bonds. The van der Waals surface area contributed by atoms with Crippen molar-refractivity contribution in [3.63, 3.8) is 0 Å². The molecule has 0 spiro atoms. The van der Waals surface area contributed by atoms with E-state index in [1.807, 2.05) is 17.0 Å². The molecule has 11 heteroatoms. The molecule has 0 radical (unpaired) electrons. The summed E-state index contributed by atoms with van der Waals surface area (Å²) in [5.74, 6) is -2.18. The largest absolute Gasteiger partial charge is 0.490 e. The maximum Gasteiger partial charge on any atom is 0.490 e. The molecule has 36 heavy (non-hydrogen) atoms. The number of benzene rings is 1. The Bertz CT molecular complexity index is 924. The van der Waals surface area contributed by atoms with Crippen LogP contribution in [0.15, 0.2) is 24.3 Å². The standard InChI is InChI=1S/C23H33N3O3.C2HF3O2/c24-23(29)18-6-2-5-17(11-18)19-12-20-7-8-21(13-19)26(20)10-9-25(22(28)15-27)14-16-3-1-4-16;3-2(4,5)1(6)7/h2,5-6,11,16,19-21,27H,1,3-4,7-10,12-15H2,(H2,24,29);(H,6,7)/t19?,20-,21+;. The van der Waals surface area contributed by atoms with Crippen LogP contribution in [0, 0.1) is 5.92 Å². The topological polar surface area (TPSA) is 124 Å². The van der Waals surface area contributed by atoms with Crippen LogP contribution in [0.5, 0.6) is 0 Å². The Kier molecular flexibility index (Phi) is 9.35. The lowest BCUT2D eigenvalue weighted by molar-refractivity contribution is -0.192. The minimum absolute atomic E-state index is 0.137. The molecule has 0 aromatic heterocycles. The first-order valence-corrected chi connectivity index (χ1v) is 12.3. The van der Waals surface area contributed by atoms with Gasteiger partial charge in [0, 0.05) is 37.3 Å². The number of carboxylic acids is 1. The SMILES string of the molecule is NC(=O)c1cccc(C2C[C@H]3CC[C@@H](C2)N3CCN(CC2CCC2)C(=O)CO)c1.O=C(O)C(F)(F)F. The molecule has 2 heterocycles. The Morgan fingerprint density at radius 1 is 1.08 bits per heavy atom. The van der Waals surface area contributed by atoms with Gasteiger partial charge in [0.15, 0.2) is 0 Å². The Hall–Kier alpha value is -2.66. The van der Waals surface area contributed by atoms with Gasteiger partial charge in [-0.15, -0.1) is 0 Å². The van der Waals surface area contributed by atoms with Gasteiger partial charge in [0.2, 0.25) is 11.8 Å². The Morgan fingerprint density at radius 3 is 2.17 bits per heavy atom. The second-order valence-corrected chi connectivity index (χ2v) is 9.88. The lowest BCUT2D eigenvalue weighted by Gasteiger charge is -2.41. The summed E-state index contributed by atoms with van der Waals surface area (Å²) in [5, 5.41) is 16.5. The third-order valence-corrected chi connectivity index (χ3v) is 7.59. The molecule has 1 unspecified atom stereocenters. The summed E-state index contributed by atoms with van der Waals surface area (Å²) in [6.07, 6.45) is 3.18. The molecule has 8 nitrogen and oxygen atoms in total. The fourth-order valence-corrected chi connectivity index (χ4v) is 5.50. The molecule has 4 rings (SSSR count). The highest BCUT2D eigenvalue weighted by atomic mass is 19.4. The first-order chi connectivity index (χ1) is 17.0. The van der Waals surface area contributed by atoms with Crippen molar-refractivity contribution >= 4 is 17.8 Å². The number of carbonyl (C=O) groups is 3. The van der Waals surface area contributed by atoms with Crippen molar-refractivity contribution in [3.05, 3.63) is 35.4 Å². The number of aliphatic carboxylic acids is 1. The number of hydrogen-bond acceptors (Lipinski definition) is 5. The van der Waals surface area contributed by atoms with Crippen LogP contribution in [0.2, 0.25) is 0 Å². The molecule has 4 N–H and O–H groups in total. The minimum Gasteiger partial charge on any atom is -0.475 e. The average molecular weight is 514 g/mol. The summed E-state index contributed by atoms with van der Waals surface area (Å²) in [5.41, 5.74) is 7.27. The van der Waals surface area contributed by atoms with Gasteiger partial charge in [-0.1, -0.05) is 18.6 Å². The first-order valence-electron chi connectivity index (χ1n) is 12.3. The number of carbonyl (C=O) groups excluding carboxylic acids is 2. The number of alkyl halides is 3. The number of nitrogens with zero attached hydrogens (tertiary/aromatic N) is 2. The number of primary amides is 1. The number of aliphatic hydroxyl groups is 1. The van der Waals surface area contributed by atoms with Crippen molar-refractivity contribution in [1.29, 1.82) is 0 Å². The number of halogens is 3. The fourth-order valence-electron chi connectivity index (χ4n) is 5.50. The fraction of sp³-hybridized carbons (Fsp3) is 0.640. The van der Waals surface area contributed by atoms with E-state index in [0.717, 1.165) is 25.9 Å². The lowest BCUT2D eigenvalue weighted by atomic mass is 9.84. The molecular formula is C25H34F3N3O5. The molecule has 1 aromatic rings. The van der Waals surface area contributed by atoms with Gasteiger partial charge in [0.05, 0.1) is 0 Å². The van der Waals surface area contributed by atoms with E-state index in [1.165, 1.54) is 37.7 Å². The highest BCUT2D eigenvalue weighted by Gasteiger charge is 2.41. The van der Waals surface area contributed by atoms with Crippen molar-refractivity contribution in [3.8, 4) is 0 Å². The maximum absolute atomic E-state index is 12.2. The zero-order valence-electron chi connectivity index (χ0n) is 20.1. The van der Waals surface area contributed by atoms with E-state index in [0.29, 0.717) is 36.0 Å². The van der Waals surface area contributed by atoms with Crippen molar-refractivity contribution in [1.82, 2.24) is 9.80 Å². The lowest BCUT2D eigenvalue weighted by Crippen LogP contribution is -2.48. The highest BCUT2D eigenvalue weighted by Crippen LogP contribution is 2.43. The van der Waals surface area contributed by atoms with Gasteiger partial charge in [-0.05, 0) is 68.1 Å². The molecule has 2 aliphatic heterocycles. The van der Waals surface area contributed by atoms with Crippen LogP contribution in [-0.2, 0) is 9.59 Å². The molecular weight excluding hydrogens is 479 g/mol. The van der Waals surface area contributed by atoms with Gasteiger partial charge in [-0.3, -0.25) is 14.5 Å². The molecule has 1 saturated carbocycles. The third kappa shape index (κ3) is 7.19. The van der Waals surface area contributed by atoms with E-state index in [2.05, 4.69) is 11.0 Å². The highest BCUT2D eigenvalue weighted by molar-refractivity contribution is 5.92. The van der Waals surface area contributed by atoms with Crippen LogP contribution < -0.4 is 5.73 Å². The predicted molar refractivity (Wildman–Crippen MR) is 125 cm³/mol. The molecule has 2 saturated heterocycles. The van der Waals surface area contributed by atoms with Crippen LogP contribution in [0.25, 0.3) is 0 Å².